The van der Waals surface area contributed by atoms with Gasteiger partial charge in [0.15, 0.2) is 0 Å². The summed E-state index contributed by atoms with van der Waals surface area (Å²) in [5.74, 6) is -0.534. The molecule has 2 amide bonds. The van der Waals surface area contributed by atoms with E-state index in [4.69, 9.17) is 16.3 Å². The summed E-state index contributed by atoms with van der Waals surface area (Å²) in [6, 6.07) is 28.2. The molecule has 0 saturated carbocycles. The number of hydrogen-bond donors (Lipinski definition) is 1. The molecule has 0 bridgehead atoms. The molecule has 0 radical (unpaired) electrons. The highest BCUT2D eigenvalue weighted by atomic mass is 79.9. The maximum Gasteiger partial charge on any atom is 0.264 e. The maximum atomic E-state index is 14.6. The number of hydrogen-bond acceptors (Lipinski definition) is 5. The highest BCUT2D eigenvalue weighted by Crippen LogP contribution is 2.32. The summed E-state index contributed by atoms with van der Waals surface area (Å²) < 4.78 is 35.4. The minimum absolute atomic E-state index is 0.00336. The van der Waals surface area contributed by atoms with Crippen molar-refractivity contribution in [3.8, 4) is 5.75 Å². The van der Waals surface area contributed by atoms with E-state index in [2.05, 4.69) is 21.2 Å². The molecule has 0 unspecified atom stereocenters. The molecule has 1 N–H and O–H groups in total. The van der Waals surface area contributed by atoms with E-state index in [9.17, 15) is 18.0 Å². The van der Waals surface area contributed by atoms with E-state index in [1.807, 2.05) is 68.4 Å². The van der Waals surface area contributed by atoms with Gasteiger partial charge in [-0.3, -0.25) is 13.9 Å². The predicted octanol–water partition coefficient (Wildman–Crippen LogP) is 6.86. The lowest BCUT2D eigenvalue weighted by atomic mass is 10.0. The molecule has 4 rings (SSSR count). The van der Waals surface area contributed by atoms with Crippen LogP contribution in [0.3, 0.4) is 0 Å². The topological polar surface area (TPSA) is 96.0 Å². The van der Waals surface area contributed by atoms with Gasteiger partial charge >= 0.3 is 0 Å². The van der Waals surface area contributed by atoms with Crippen LogP contribution in [-0.2, 0) is 32.6 Å². The third kappa shape index (κ3) is 8.90. The Kier molecular flexibility index (Phi) is 12.3. The standard InChI is InChI=1S/C35H37BrClN3O5S/c1-4-25(2)38-35(42)32(21-26-12-7-5-8-13-26)39(23-27-14-11-15-28(36)20-27)34(41)24-40(29-18-19-33(45-3)31(37)22-29)46(43,44)30-16-9-6-10-17-30/h5-20,22,25,32H,4,21,23-24H2,1-3H3,(H,38,42)/t25-,32-/m1/s1. The minimum atomic E-state index is -4.25. The second-order valence-corrected chi connectivity index (χ2v) is 14.0. The van der Waals surface area contributed by atoms with E-state index in [0.717, 1.165) is 19.9 Å². The van der Waals surface area contributed by atoms with Gasteiger partial charge in [0.1, 0.15) is 18.3 Å². The Hall–Kier alpha value is -3.86. The summed E-state index contributed by atoms with van der Waals surface area (Å²) in [6.07, 6.45) is 0.924. The molecule has 4 aromatic carbocycles. The number of ether oxygens (including phenoxy) is 1. The Labute approximate surface area is 284 Å². The quantitative estimate of drug-likeness (QED) is 0.153. The zero-order valence-corrected chi connectivity index (χ0v) is 29.1. The minimum Gasteiger partial charge on any atom is -0.495 e. The highest BCUT2D eigenvalue weighted by molar-refractivity contribution is 9.10. The van der Waals surface area contributed by atoms with Gasteiger partial charge in [-0.25, -0.2) is 8.42 Å². The number of carbonyl (C=O) groups is 2. The summed E-state index contributed by atoms with van der Waals surface area (Å²) in [5.41, 5.74) is 1.80. The molecule has 8 nitrogen and oxygen atoms in total. The van der Waals surface area contributed by atoms with Crippen LogP contribution in [0.25, 0.3) is 0 Å². The first kappa shape index (κ1) is 35.0. The highest BCUT2D eigenvalue weighted by Gasteiger charge is 2.35. The van der Waals surface area contributed by atoms with E-state index < -0.39 is 28.5 Å². The van der Waals surface area contributed by atoms with Gasteiger partial charge in [-0.15, -0.1) is 0 Å². The molecular formula is C35H37BrClN3O5S. The first-order valence-electron chi connectivity index (χ1n) is 14.8. The van der Waals surface area contributed by atoms with Crippen LogP contribution in [0.15, 0.2) is 112 Å². The number of anilines is 1. The molecule has 242 valence electrons. The van der Waals surface area contributed by atoms with Crippen molar-refractivity contribution in [1.82, 2.24) is 10.2 Å². The molecule has 2 atom stereocenters. The maximum absolute atomic E-state index is 14.6. The molecule has 46 heavy (non-hydrogen) atoms. The van der Waals surface area contributed by atoms with Gasteiger partial charge in [0.2, 0.25) is 11.8 Å². The van der Waals surface area contributed by atoms with Crippen molar-refractivity contribution in [2.75, 3.05) is 18.0 Å². The van der Waals surface area contributed by atoms with Gasteiger partial charge in [0.05, 0.1) is 22.7 Å². The molecule has 0 aliphatic carbocycles. The largest absolute Gasteiger partial charge is 0.495 e. The zero-order valence-electron chi connectivity index (χ0n) is 25.9. The van der Waals surface area contributed by atoms with Crippen LogP contribution < -0.4 is 14.4 Å². The van der Waals surface area contributed by atoms with Crippen molar-refractivity contribution in [3.63, 3.8) is 0 Å². The monoisotopic (exact) mass is 725 g/mol. The fraction of sp³-hybridized carbons (Fsp3) is 0.257. The molecule has 0 saturated heterocycles. The van der Waals surface area contributed by atoms with Gasteiger partial charge in [0, 0.05) is 23.5 Å². The fourth-order valence-corrected chi connectivity index (χ4v) is 7.01. The van der Waals surface area contributed by atoms with E-state index in [1.165, 1.54) is 36.3 Å². The van der Waals surface area contributed by atoms with Crippen LogP contribution in [0, 0.1) is 0 Å². The van der Waals surface area contributed by atoms with Crippen molar-refractivity contribution in [3.05, 3.63) is 124 Å². The lowest BCUT2D eigenvalue weighted by Crippen LogP contribution is -2.54. The van der Waals surface area contributed by atoms with Crippen LogP contribution in [-0.4, -0.2) is 50.9 Å². The first-order chi connectivity index (χ1) is 22.0. The molecule has 0 spiro atoms. The first-order valence-corrected chi connectivity index (χ1v) is 17.4. The van der Waals surface area contributed by atoms with Gasteiger partial charge in [-0.05, 0) is 66.9 Å². The van der Waals surface area contributed by atoms with Crippen molar-refractivity contribution < 1.29 is 22.7 Å². The number of sulfonamides is 1. The molecule has 4 aromatic rings. The Morgan fingerprint density at radius 3 is 2.17 bits per heavy atom. The van der Waals surface area contributed by atoms with Gasteiger partial charge < -0.3 is 15.0 Å². The average molecular weight is 727 g/mol. The van der Waals surface area contributed by atoms with E-state index in [1.54, 1.807) is 24.3 Å². The van der Waals surface area contributed by atoms with E-state index in [0.29, 0.717) is 12.2 Å². The van der Waals surface area contributed by atoms with Crippen LogP contribution in [0.1, 0.15) is 31.4 Å². The number of nitrogens with zero attached hydrogens (tertiary/aromatic N) is 2. The van der Waals surface area contributed by atoms with Crippen molar-refractivity contribution in [2.24, 2.45) is 0 Å². The number of nitrogens with one attached hydrogen (secondary N) is 1. The van der Waals surface area contributed by atoms with Crippen molar-refractivity contribution in [1.29, 1.82) is 0 Å². The van der Waals surface area contributed by atoms with Gasteiger partial charge in [-0.1, -0.05) is 95.1 Å². The van der Waals surface area contributed by atoms with Crippen LogP contribution in [0.4, 0.5) is 5.69 Å². The molecule has 11 heteroatoms. The molecular weight excluding hydrogens is 690 g/mol. The van der Waals surface area contributed by atoms with Gasteiger partial charge in [-0.2, -0.15) is 0 Å². The molecule has 0 aromatic heterocycles. The number of carbonyl (C=O) groups excluding carboxylic acids is 2. The number of benzene rings is 4. The third-order valence-corrected chi connectivity index (χ3v) is 10.1. The summed E-state index contributed by atoms with van der Waals surface area (Å²) in [5, 5.41) is 3.22. The SMILES string of the molecule is CC[C@@H](C)NC(=O)[C@@H](Cc1ccccc1)N(Cc1cccc(Br)c1)C(=O)CN(c1ccc(OC)c(Cl)c1)S(=O)(=O)c1ccccc1. The Balaban J connectivity index is 1.83. The normalized spacial score (nSPS) is 12.5. The predicted molar refractivity (Wildman–Crippen MR) is 185 cm³/mol. The Bertz CT molecular complexity index is 1740. The lowest BCUT2D eigenvalue weighted by Gasteiger charge is -2.34. The van der Waals surface area contributed by atoms with Crippen LogP contribution in [0.5, 0.6) is 5.75 Å². The number of halogens is 2. The second-order valence-electron chi connectivity index (χ2n) is 10.8. The van der Waals surface area contributed by atoms with Gasteiger partial charge in [0.25, 0.3) is 10.0 Å². The average Bonchev–Trinajstić information content (AvgIpc) is 3.05. The van der Waals surface area contributed by atoms with Crippen LogP contribution in [0.2, 0.25) is 5.02 Å². The summed E-state index contributed by atoms with van der Waals surface area (Å²) in [4.78, 5) is 30.0. The van der Waals surface area contributed by atoms with Crippen LogP contribution >= 0.6 is 27.5 Å². The number of amides is 2. The van der Waals surface area contributed by atoms with Crippen molar-refractivity contribution in [2.45, 2.75) is 50.2 Å². The molecule has 0 heterocycles. The Morgan fingerprint density at radius 1 is 0.913 bits per heavy atom. The molecule has 0 fully saturated rings. The summed E-state index contributed by atoms with van der Waals surface area (Å²) >= 11 is 9.94. The zero-order chi connectivity index (χ0) is 33.3. The molecule has 0 aliphatic heterocycles. The van der Waals surface area contributed by atoms with E-state index in [-0.39, 0.29) is 40.5 Å². The Morgan fingerprint density at radius 2 is 1.57 bits per heavy atom. The lowest BCUT2D eigenvalue weighted by molar-refractivity contribution is -0.140. The molecule has 0 aliphatic rings. The fourth-order valence-electron chi connectivity index (χ4n) is 4.89. The second kappa shape index (κ2) is 16.1. The number of methoxy groups -OCH3 is 1. The summed E-state index contributed by atoms with van der Waals surface area (Å²) in [6.45, 7) is 3.34. The third-order valence-electron chi connectivity index (χ3n) is 7.55. The smallest absolute Gasteiger partial charge is 0.264 e. The van der Waals surface area contributed by atoms with E-state index >= 15 is 0 Å². The van der Waals surface area contributed by atoms with Crippen molar-refractivity contribution >= 4 is 55.1 Å². The summed E-state index contributed by atoms with van der Waals surface area (Å²) in [7, 11) is -2.79. The number of rotatable bonds is 14.